The van der Waals surface area contributed by atoms with Crippen LogP contribution >= 0.6 is 15.9 Å². The molecule has 1 aromatic heterocycles. The number of aromatic nitrogens is 4. The van der Waals surface area contributed by atoms with Crippen LogP contribution in [0.15, 0.2) is 40.9 Å². The summed E-state index contributed by atoms with van der Waals surface area (Å²) in [6.45, 7) is 0. The number of tetrazole rings is 1. The van der Waals surface area contributed by atoms with Gasteiger partial charge in [-0.25, -0.2) is 0 Å². The minimum Gasteiger partial charge on any atom is -0.289 e. The fourth-order valence-corrected chi connectivity index (χ4v) is 1.49. The van der Waals surface area contributed by atoms with E-state index in [0.717, 1.165) is 10.5 Å². The Kier molecular flexibility index (Phi) is 4.14. The van der Waals surface area contributed by atoms with Crippen molar-refractivity contribution >= 4 is 33.6 Å². The van der Waals surface area contributed by atoms with Crippen LogP contribution in [0.2, 0.25) is 0 Å². The maximum atomic E-state index is 11.7. The summed E-state index contributed by atoms with van der Waals surface area (Å²) >= 11 is 3.27. The van der Waals surface area contributed by atoms with Gasteiger partial charge in [0.2, 0.25) is 0 Å². The average molecular weight is 322 g/mol. The van der Waals surface area contributed by atoms with Gasteiger partial charge in [-0.1, -0.05) is 21.0 Å². The summed E-state index contributed by atoms with van der Waals surface area (Å²) in [4.78, 5) is 23.2. The van der Waals surface area contributed by atoms with Crippen LogP contribution in [-0.2, 0) is 4.79 Å². The maximum absolute atomic E-state index is 11.7. The van der Waals surface area contributed by atoms with Crippen LogP contribution in [0, 0.1) is 0 Å². The normalized spacial score (nSPS) is 10.6. The number of carbonyl (C=O) groups excluding carboxylic acids is 2. The highest BCUT2D eigenvalue weighted by atomic mass is 79.9. The predicted octanol–water partition coefficient (Wildman–Crippen LogP) is 1.34. The smallest absolute Gasteiger partial charge is 0.270 e. The second kappa shape index (κ2) is 6.01. The van der Waals surface area contributed by atoms with E-state index in [9.17, 15) is 9.59 Å². The zero-order valence-electron chi connectivity index (χ0n) is 9.50. The first-order chi connectivity index (χ1) is 9.15. The van der Waals surface area contributed by atoms with E-state index in [-0.39, 0.29) is 11.7 Å². The van der Waals surface area contributed by atoms with Crippen LogP contribution in [0.3, 0.4) is 0 Å². The van der Waals surface area contributed by atoms with E-state index in [0.29, 0.717) is 5.56 Å². The molecule has 0 unspecified atom stereocenters. The molecule has 0 saturated heterocycles. The molecule has 0 atom stereocenters. The van der Waals surface area contributed by atoms with E-state index >= 15 is 0 Å². The van der Waals surface area contributed by atoms with E-state index in [1.165, 1.54) is 6.08 Å². The number of hydrogen-bond acceptors (Lipinski definition) is 5. The standard InChI is InChI=1S/C11H8BrN5O2/c12-8-3-1-7(2-4-8)9(18)5-6-10(19)13-11-14-16-17-15-11/h1-6H,(H2,13,14,15,16,17,19)/b6-5+. The number of nitrogens with one attached hydrogen (secondary N) is 2. The Morgan fingerprint density at radius 3 is 2.58 bits per heavy atom. The molecule has 0 radical (unpaired) electrons. The molecular formula is C11H8BrN5O2. The molecule has 1 heterocycles. The fraction of sp³-hybridized carbons (Fsp3) is 0. The molecule has 0 fully saturated rings. The number of anilines is 1. The fourth-order valence-electron chi connectivity index (χ4n) is 1.23. The lowest BCUT2D eigenvalue weighted by atomic mass is 10.1. The van der Waals surface area contributed by atoms with Crippen molar-refractivity contribution in [3.05, 3.63) is 46.5 Å². The summed E-state index contributed by atoms with van der Waals surface area (Å²) in [5, 5.41) is 14.9. The van der Waals surface area contributed by atoms with Crippen LogP contribution < -0.4 is 5.32 Å². The third kappa shape index (κ3) is 3.81. The maximum Gasteiger partial charge on any atom is 0.270 e. The Morgan fingerprint density at radius 2 is 1.95 bits per heavy atom. The van der Waals surface area contributed by atoms with Crippen LogP contribution in [0.1, 0.15) is 10.4 Å². The number of benzene rings is 1. The Morgan fingerprint density at radius 1 is 1.21 bits per heavy atom. The van der Waals surface area contributed by atoms with Crippen molar-refractivity contribution in [2.45, 2.75) is 0 Å². The highest BCUT2D eigenvalue weighted by Gasteiger charge is 2.04. The van der Waals surface area contributed by atoms with Crippen molar-refractivity contribution < 1.29 is 9.59 Å². The zero-order chi connectivity index (χ0) is 13.7. The van der Waals surface area contributed by atoms with E-state index in [1.54, 1.807) is 24.3 Å². The van der Waals surface area contributed by atoms with Gasteiger partial charge < -0.3 is 0 Å². The third-order valence-electron chi connectivity index (χ3n) is 2.10. The van der Waals surface area contributed by atoms with Crippen molar-refractivity contribution in [3.63, 3.8) is 0 Å². The summed E-state index contributed by atoms with van der Waals surface area (Å²) in [6, 6.07) is 6.82. The molecule has 0 aliphatic carbocycles. The molecular weight excluding hydrogens is 314 g/mol. The van der Waals surface area contributed by atoms with E-state index in [1.807, 2.05) is 0 Å². The molecule has 2 aromatic rings. The van der Waals surface area contributed by atoms with Crippen molar-refractivity contribution in [2.75, 3.05) is 5.32 Å². The minimum absolute atomic E-state index is 0.0470. The lowest BCUT2D eigenvalue weighted by molar-refractivity contribution is -0.112. The average Bonchev–Trinajstić information content (AvgIpc) is 2.89. The number of rotatable bonds is 4. The molecule has 2 rings (SSSR count). The van der Waals surface area contributed by atoms with Gasteiger partial charge in [-0.3, -0.25) is 14.9 Å². The Bertz CT molecular complexity index is 607. The summed E-state index contributed by atoms with van der Waals surface area (Å²) in [5.41, 5.74) is 0.492. The first-order valence-electron chi connectivity index (χ1n) is 5.17. The molecule has 1 amide bonds. The van der Waals surface area contributed by atoms with Gasteiger partial charge in [-0.15, -0.1) is 5.10 Å². The molecule has 19 heavy (non-hydrogen) atoms. The molecule has 0 bridgehead atoms. The Balaban J connectivity index is 1.96. The van der Waals surface area contributed by atoms with Crippen molar-refractivity contribution in [2.24, 2.45) is 0 Å². The summed E-state index contributed by atoms with van der Waals surface area (Å²) in [5.74, 6) is -0.728. The first kappa shape index (κ1) is 13.1. The first-order valence-corrected chi connectivity index (χ1v) is 5.97. The third-order valence-corrected chi connectivity index (χ3v) is 2.62. The Hall–Kier alpha value is -2.35. The summed E-state index contributed by atoms with van der Waals surface area (Å²) in [6.07, 6.45) is 2.29. The summed E-state index contributed by atoms with van der Waals surface area (Å²) < 4.78 is 0.878. The zero-order valence-corrected chi connectivity index (χ0v) is 11.1. The number of aromatic amines is 1. The van der Waals surface area contributed by atoms with Crippen LogP contribution in [0.5, 0.6) is 0 Å². The van der Waals surface area contributed by atoms with Crippen molar-refractivity contribution in [1.82, 2.24) is 20.6 Å². The lowest BCUT2D eigenvalue weighted by Gasteiger charge is -1.96. The van der Waals surface area contributed by atoms with Crippen LogP contribution in [0.4, 0.5) is 5.95 Å². The number of halogens is 1. The largest absolute Gasteiger partial charge is 0.289 e. The van der Waals surface area contributed by atoms with Gasteiger partial charge in [0.05, 0.1) is 0 Å². The molecule has 0 saturated carbocycles. The van der Waals surface area contributed by atoms with Crippen molar-refractivity contribution in [1.29, 1.82) is 0 Å². The molecule has 96 valence electrons. The van der Waals surface area contributed by atoms with Gasteiger partial charge in [0.1, 0.15) is 0 Å². The predicted molar refractivity (Wildman–Crippen MR) is 70.4 cm³/mol. The number of nitrogens with zero attached hydrogens (tertiary/aromatic N) is 3. The van der Waals surface area contributed by atoms with Gasteiger partial charge in [-0.2, -0.15) is 5.21 Å². The van der Waals surface area contributed by atoms with Gasteiger partial charge in [0.25, 0.3) is 11.9 Å². The van der Waals surface area contributed by atoms with Crippen LogP contribution in [-0.4, -0.2) is 32.3 Å². The quantitative estimate of drug-likeness (QED) is 0.653. The van der Waals surface area contributed by atoms with E-state index in [4.69, 9.17) is 0 Å². The van der Waals surface area contributed by atoms with Crippen molar-refractivity contribution in [3.8, 4) is 0 Å². The molecule has 1 aromatic carbocycles. The number of carbonyl (C=O) groups is 2. The number of hydrogen-bond donors (Lipinski definition) is 2. The second-order valence-corrected chi connectivity index (χ2v) is 4.34. The minimum atomic E-state index is -0.508. The van der Waals surface area contributed by atoms with E-state index < -0.39 is 5.91 Å². The van der Waals surface area contributed by atoms with Gasteiger partial charge in [-0.05, 0) is 35.6 Å². The second-order valence-electron chi connectivity index (χ2n) is 3.43. The van der Waals surface area contributed by atoms with Gasteiger partial charge in [0, 0.05) is 16.1 Å². The molecule has 2 N–H and O–H groups in total. The molecule has 0 aliphatic rings. The summed E-state index contributed by atoms with van der Waals surface area (Å²) in [7, 11) is 0. The highest BCUT2D eigenvalue weighted by molar-refractivity contribution is 9.10. The lowest BCUT2D eigenvalue weighted by Crippen LogP contribution is -2.10. The van der Waals surface area contributed by atoms with Gasteiger partial charge >= 0.3 is 0 Å². The van der Waals surface area contributed by atoms with Crippen LogP contribution in [0.25, 0.3) is 0 Å². The monoisotopic (exact) mass is 321 g/mol. The topological polar surface area (TPSA) is 101 Å². The number of allylic oxidation sites excluding steroid dienone is 1. The van der Waals surface area contributed by atoms with Gasteiger partial charge in [0.15, 0.2) is 5.78 Å². The molecule has 7 nitrogen and oxygen atoms in total. The Labute approximate surface area is 116 Å². The number of amides is 1. The SMILES string of the molecule is O=C(/C=C/C(=O)c1ccc(Br)cc1)Nc1nn[nH]n1. The molecule has 8 heteroatoms. The number of ketones is 1. The number of H-pyrrole nitrogens is 1. The highest BCUT2D eigenvalue weighted by Crippen LogP contribution is 2.11. The molecule has 0 aliphatic heterocycles. The van der Waals surface area contributed by atoms with E-state index in [2.05, 4.69) is 41.9 Å². The molecule has 0 spiro atoms.